The molecule has 0 N–H and O–H groups in total. The molecule has 0 fully saturated rings. The lowest BCUT2D eigenvalue weighted by molar-refractivity contribution is 1.28. The van der Waals surface area contributed by atoms with Gasteiger partial charge < -0.3 is 0 Å². The lowest BCUT2D eigenvalue weighted by Gasteiger charge is -2.21. The first-order valence-electron chi connectivity index (χ1n) is 3.27. The summed E-state index contributed by atoms with van der Waals surface area (Å²) in [5.41, 5.74) is 0.567. The maximum absolute atomic E-state index is 3.76. The SMILES string of the molecule is C=CC(C=C)[Si](C)(C)C. The summed E-state index contributed by atoms with van der Waals surface area (Å²) in [6, 6.07) is 0. The fraction of sp³-hybridized carbons (Fsp3) is 0.500. The van der Waals surface area contributed by atoms with E-state index in [-0.39, 0.29) is 0 Å². The molecule has 0 heterocycles. The average molecular weight is 140 g/mol. The van der Waals surface area contributed by atoms with Crippen molar-refractivity contribution >= 4 is 8.07 Å². The van der Waals surface area contributed by atoms with E-state index in [2.05, 4.69) is 32.8 Å². The van der Waals surface area contributed by atoms with Gasteiger partial charge in [0.05, 0.1) is 8.07 Å². The molecule has 0 aliphatic heterocycles. The quantitative estimate of drug-likeness (QED) is 0.417. The molecule has 0 nitrogen and oxygen atoms in total. The van der Waals surface area contributed by atoms with Gasteiger partial charge in [-0.1, -0.05) is 31.8 Å². The van der Waals surface area contributed by atoms with E-state index in [9.17, 15) is 0 Å². The molecule has 1 heteroatoms. The van der Waals surface area contributed by atoms with Crippen molar-refractivity contribution in [1.82, 2.24) is 0 Å². The minimum Gasteiger partial charge on any atom is -0.103 e. The molecule has 0 unspecified atom stereocenters. The van der Waals surface area contributed by atoms with Gasteiger partial charge in [0.1, 0.15) is 0 Å². The first kappa shape index (κ1) is 8.70. The second-order valence-corrected chi connectivity index (χ2v) is 8.76. The second-order valence-electron chi connectivity index (χ2n) is 3.36. The fourth-order valence-electron chi connectivity index (χ4n) is 0.803. The number of hydrogen-bond donors (Lipinski definition) is 0. The Labute approximate surface area is 59.3 Å². The van der Waals surface area contributed by atoms with Crippen molar-refractivity contribution in [2.45, 2.75) is 25.2 Å². The Hall–Kier alpha value is -0.303. The molecule has 0 aliphatic carbocycles. The van der Waals surface area contributed by atoms with Crippen LogP contribution in [0.5, 0.6) is 0 Å². The molecule has 0 aliphatic rings. The van der Waals surface area contributed by atoms with Crippen molar-refractivity contribution in [3.63, 3.8) is 0 Å². The predicted molar refractivity (Wildman–Crippen MR) is 47.5 cm³/mol. The van der Waals surface area contributed by atoms with Crippen LogP contribution in [0.25, 0.3) is 0 Å². The van der Waals surface area contributed by atoms with Crippen molar-refractivity contribution in [2.24, 2.45) is 0 Å². The molecular weight excluding hydrogens is 124 g/mol. The summed E-state index contributed by atoms with van der Waals surface area (Å²) >= 11 is 0. The molecule has 0 saturated heterocycles. The predicted octanol–water partition coefficient (Wildman–Crippen LogP) is 3.07. The van der Waals surface area contributed by atoms with Gasteiger partial charge >= 0.3 is 0 Å². The van der Waals surface area contributed by atoms with Crippen LogP contribution in [-0.4, -0.2) is 8.07 Å². The summed E-state index contributed by atoms with van der Waals surface area (Å²) in [5, 5.41) is 0. The lowest BCUT2D eigenvalue weighted by Crippen LogP contribution is -2.24. The maximum Gasteiger partial charge on any atom is 0.0557 e. The number of hydrogen-bond acceptors (Lipinski definition) is 0. The molecule has 0 saturated carbocycles. The van der Waals surface area contributed by atoms with E-state index in [0.717, 1.165) is 0 Å². The van der Waals surface area contributed by atoms with Gasteiger partial charge in [0.2, 0.25) is 0 Å². The summed E-state index contributed by atoms with van der Waals surface area (Å²) in [4.78, 5) is 0. The van der Waals surface area contributed by atoms with Crippen molar-refractivity contribution in [1.29, 1.82) is 0 Å². The highest BCUT2D eigenvalue weighted by atomic mass is 28.3. The Morgan fingerprint density at radius 3 is 1.44 bits per heavy atom. The Morgan fingerprint density at radius 1 is 1.11 bits per heavy atom. The zero-order valence-electron chi connectivity index (χ0n) is 6.65. The minimum absolute atomic E-state index is 0.567. The Kier molecular flexibility index (Phi) is 2.92. The van der Waals surface area contributed by atoms with E-state index in [1.807, 2.05) is 12.2 Å². The molecule has 0 atom stereocenters. The highest BCUT2D eigenvalue weighted by molar-refractivity contribution is 6.78. The number of rotatable bonds is 3. The molecule has 52 valence electrons. The van der Waals surface area contributed by atoms with Crippen LogP contribution in [0.2, 0.25) is 25.2 Å². The third-order valence-electron chi connectivity index (χ3n) is 1.51. The second kappa shape index (κ2) is 3.02. The van der Waals surface area contributed by atoms with Crippen LogP contribution in [0.3, 0.4) is 0 Å². The zero-order valence-corrected chi connectivity index (χ0v) is 7.65. The Balaban J connectivity index is 4.11. The third-order valence-corrected chi connectivity index (χ3v) is 3.98. The molecule has 0 rings (SSSR count). The molecule has 0 aromatic heterocycles. The van der Waals surface area contributed by atoms with E-state index in [1.165, 1.54) is 0 Å². The van der Waals surface area contributed by atoms with Gasteiger partial charge in [-0.15, -0.1) is 13.2 Å². The molecule has 0 amide bonds. The van der Waals surface area contributed by atoms with E-state index >= 15 is 0 Å². The largest absolute Gasteiger partial charge is 0.103 e. The summed E-state index contributed by atoms with van der Waals surface area (Å²) in [7, 11) is -1.02. The third kappa shape index (κ3) is 2.66. The summed E-state index contributed by atoms with van der Waals surface area (Å²) in [6.07, 6.45) is 4.00. The van der Waals surface area contributed by atoms with Gasteiger partial charge in [-0.25, -0.2) is 0 Å². The topological polar surface area (TPSA) is 0 Å². The van der Waals surface area contributed by atoms with Crippen molar-refractivity contribution < 1.29 is 0 Å². The molecular formula is C8H16Si. The normalized spacial score (nSPS) is 11.6. The van der Waals surface area contributed by atoms with Crippen LogP contribution in [0.1, 0.15) is 0 Å². The van der Waals surface area contributed by atoms with Crippen LogP contribution in [0.15, 0.2) is 25.3 Å². The van der Waals surface area contributed by atoms with Crippen molar-refractivity contribution in [3.05, 3.63) is 25.3 Å². The molecule has 9 heavy (non-hydrogen) atoms. The summed E-state index contributed by atoms with van der Waals surface area (Å²) < 4.78 is 0. The highest BCUT2D eigenvalue weighted by Gasteiger charge is 2.20. The number of allylic oxidation sites excluding steroid dienone is 2. The molecule has 0 aromatic carbocycles. The molecule has 0 radical (unpaired) electrons. The first-order chi connectivity index (χ1) is 4.02. The summed E-state index contributed by atoms with van der Waals surface area (Å²) in [5.74, 6) is 0. The smallest absolute Gasteiger partial charge is 0.0557 e. The molecule has 0 bridgehead atoms. The van der Waals surface area contributed by atoms with E-state index in [0.29, 0.717) is 5.54 Å². The van der Waals surface area contributed by atoms with Crippen LogP contribution in [0, 0.1) is 0 Å². The van der Waals surface area contributed by atoms with Crippen molar-refractivity contribution in [3.8, 4) is 0 Å². The van der Waals surface area contributed by atoms with Gasteiger partial charge in [-0.3, -0.25) is 0 Å². The lowest BCUT2D eigenvalue weighted by atomic mass is 10.4. The van der Waals surface area contributed by atoms with Crippen LogP contribution in [-0.2, 0) is 0 Å². The van der Waals surface area contributed by atoms with E-state index < -0.39 is 8.07 Å². The van der Waals surface area contributed by atoms with Crippen LogP contribution < -0.4 is 0 Å². The maximum atomic E-state index is 3.76. The minimum atomic E-state index is -1.02. The van der Waals surface area contributed by atoms with Gasteiger partial charge in [-0.2, -0.15) is 0 Å². The van der Waals surface area contributed by atoms with Gasteiger partial charge in [0.25, 0.3) is 0 Å². The fourth-order valence-corrected chi connectivity index (χ4v) is 2.22. The average Bonchev–Trinajstić information content (AvgIpc) is 1.65. The zero-order chi connectivity index (χ0) is 7.49. The van der Waals surface area contributed by atoms with Crippen LogP contribution >= 0.6 is 0 Å². The monoisotopic (exact) mass is 140 g/mol. The standard InChI is InChI=1S/C8H16Si/c1-6-8(7-2)9(3,4)5/h6-8H,1-2H2,3-5H3. The highest BCUT2D eigenvalue weighted by Crippen LogP contribution is 2.22. The molecule has 0 spiro atoms. The Bertz CT molecular complexity index is 100. The molecule has 0 aromatic rings. The van der Waals surface area contributed by atoms with Crippen LogP contribution in [0.4, 0.5) is 0 Å². The first-order valence-corrected chi connectivity index (χ1v) is 6.85. The van der Waals surface area contributed by atoms with Gasteiger partial charge in [-0.05, 0) is 5.54 Å². The van der Waals surface area contributed by atoms with E-state index in [1.54, 1.807) is 0 Å². The summed E-state index contributed by atoms with van der Waals surface area (Å²) in [6.45, 7) is 14.5. The van der Waals surface area contributed by atoms with E-state index in [4.69, 9.17) is 0 Å². The van der Waals surface area contributed by atoms with Crippen molar-refractivity contribution in [2.75, 3.05) is 0 Å². The van der Waals surface area contributed by atoms with Gasteiger partial charge in [0, 0.05) is 0 Å². The Morgan fingerprint density at radius 2 is 1.44 bits per heavy atom. The van der Waals surface area contributed by atoms with Gasteiger partial charge in [0.15, 0.2) is 0 Å².